The third-order valence-electron chi connectivity index (χ3n) is 3.39. The second-order valence-electron chi connectivity index (χ2n) is 5.47. The summed E-state index contributed by atoms with van der Waals surface area (Å²) < 4.78 is 18.4. The van der Waals surface area contributed by atoms with Gasteiger partial charge in [0, 0.05) is 24.4 Å². The van der Waals surface area contributed by atoms with E-state index in [1.54, 1.807) is 18.3 Å². The smallest absolute Gasteiger partial charge is 0.257 e. The van der Waals surface area contributed by atoms with E-state index in [9.17, 15) is 14.0 Å². The first kappa shape index (κ1) is 20.3. The van der Waals surface area contributed by atoms with Gasteiger partial charge in [-0.3, -0.25) is 9.59 Å². The lowest BCUT2D eigenvalue weighted by Crippen LogP contribution is -2.31. The summed E-state index contributed by atoms with van der Waals surface area (Å²) in [4.78, 5) is 23.6. The van der Waals surface area contributed by atoms with Crippen molar-refractivity contribution >= 4 is 23.4 Å². The van der Waals surface area contributed by atoms with Gasteiger partial charge in [0.25, 0.3) is 5.91 Å². The highest BCUT2D eigenvalue weighted by Gasteiger charge is 2.09. The molecular formula is C18H18ClFN4O3. The number of ether oxygens (including phenoxy) is 1. The normalized spacial score (nSPS) is 10.1. The van der Waals surface area contributed by atoms with Gasteiger partial charge in [0.05, 0.1) is 17.3 Å². The third-order valence-corrected chi connectivity index (χ3v) is 3.70. The molecule has 27 heavy (non-hydrogen) atoms. The minimum atomic E-state index is -0.627. The average molecular weight is 393 g/mol. The number of nitrogens with zero attached hydrogens (tertiary/aromatic N) is 2. The number of amides is 2. The maximum Gasteiger partial charge on any atom is 0.257 e. The van der Waals surface area contributed by atoms with Gasteiger partial charge in [0.2, 0.25) is 5.91 Å². The van der Waals surface area contributed by atoms with Gasteiger partial charge in [0.15, 0.2) is 6.61 Å². The molecule has 1 aromatic carbocycles. The van der Waals surface area contributed by atoms with Crippen LogP contribution in [0.15, 0.2) is 48.7 Å². The second-order valence-corrected chi connectivity index (χ2v) is 5.87. The molecule has 0 aliphatic rings. The lowest BCUT2D eigenvalue weighted by Gasteiger charge is -2.09. The Morgan fingerprint density at radius 2 is 2.07 bits per heavy atom. The van der Waals surface area contributed by atoms with Gasteiger partial charge in [-0.2, -0.15) is 10.2 Å². The Morgan fingerprint density at radius 3 is 2.78 bits per heavy atom. The first-order valence-electron chi connectivity index (χ1n) is 8.03. The van der Waals surface area contributed by atoms with Crippen LogP contribution in [-0.4, -0.2) is 35.2 Å². The molecule has 1 heterocycles. The summed E-state index contributed by atoms with van der Waals surface area (Å²) in [5.41, 5.74) is 0.947. The molecule has 0 saturated carbocycles. The van der Waals surface area contributed by atoms with Crippen LogP contribution in [0.3, 0.4) is 0 Å². The number of halogens is 2. The molecule has 2 aromatic rings. The molecule has 0 radical (unpaired) electrons. The monoisotopic (exact) mass is 392 g/mol. The van der Waals surface area contributed by atoms with Crippen LogP contribution >= 0.6 is 11.6 Å². The van der Waals surface area contributed by atoms with Gasteiger partial charge in [-0.05, 0) is 30.7 Å². The highest BCUT2D eigenvalue weighted by molar-refractivity contribution is 6.30. The number of carbonyl (C=O) groups excluding carboxylic acids is 2. The van der Waals surface area contributed by atoms with Crippen LogP contribution in [0.5, 0.6) is 5.75 Å². The number of carbonyl (C=O) groups is 2. The highest BCUT2D eigenvalue weighted by atomic mass is 35.5. The molecule has 0 spiro atoms. The standard InChI is InChI=1S/C18H18ClFN4O3/c1-12(18(26)22-10-13-3-2-7-23-24-13)6-8-21-17(25)11-27-14-4-5-15(19)16(20)9-14/h2-5,7,9H,1,6,8,10-11H2,(H,21,25)(H,22,26). The highest BCUT2D eigenvalue weighted by Crippen LogP contribution is 2.20. The fourth-order valence-corrected chi connectivity index (χ4v) is 2.07. The Kier molecular flexibility index (Phi) is 7.69. The lowest BCUT2D eigenvalue weighted by atomic mass is 10.2. The molecule has 0 bridgehead atoms. The number of hydrogen-bond donors (Lipinski definition) is 2. The summed E-state index contributed by atoms with van der Waals surface area (Å²) in [7, 11) is 0. The van der Waals surface area contributed by atoms with E-state index < -0.39 is 11.7 Å². The zero-order valence-corrected chi connectivity index (χ0v) is 15.1. The summed E-state index contributed by atoms with van der Waals surface area (Å²) in [6.07, 6.45) is 1.81. The zero-order valence-electron chi connectivity index (χ0n) is 14.4. The molecule has 0 saturated heterocycles. The number of benzene rings is 1. The van der Waals surface area contributed by atoms with E-state index in [1.807, 2.05) is 0 Å². The summed E-state index contributed by atoms with van der Waals surface area (Å²) in [6, 6.07) is 7.36. The lowest BCUT2D eigenvalue weighted by molar-refractivity contribution is -0.123. The fourth-order valence-electron chi connectivity index (χ4n) is 1.96. The van der Waals surface area contributed by atoms with Gasteiger partial charge >= 0.3 is 0 Å². The summed E-state index contributed by atoms with van der Waals surface area (Å²) in [5.74, 6) is -1.17. The maximum atomic E-state index is 13.3. The van der Waals surface area contributed by atoms with Crippen molar-refractivity contribution in [3.05, 3.63) is 65.2 Å². The molecule has 0 fully saturated rings. The van der Waals surface area contributed by atoms with Crippen molar-refractivity contribution in [1.29, 1.82) is 0 Å². The van der Waals surface area contributed by atoms with E-state index in [0.717, 1.165) is 6.07 Å². The number of nitrogens with one attached hydrogen (secondary N) is 2. The van der Waals surface area contributed by atoms with Crippen LogP contribution in [0.4, 0.5) is 4.39 Å². The predicted molar refractivity (Wildman–Crippen MR) is 97.6 cm³/mol. The molecule has 1 aromatic heterocycles. The van der Waals surface area contributed by atoms with Gasteiger partial charge in [-0.15, -0.1) is 0 Å². The molecule has 0 aliphatic heterocycles. The Labute approximate surface area is 160 Å². The zero-order chi connectivity index (χ0) is 19.6. The van der Waals surface area contributed by atoms with Crippen molar-refractivity contribution in [3.8, 4) is 5.75 Å². The Bertz CT molecular complexity index is 818. The maximum absolute atomic E-state index is 13.3. The summed E-state index contributed by atoms with van der Waals surface area (Å²) >= 11 is 5.57. The van der Waals surface area contributed by atoms with Crippen LogP contribution in [0.1, 0.15) is 12.1 Å². The van der Waals surface area contributed by atoms with Crippen LogP contribution in [0.2, 0.25) is 5.02 Å². The topological polar surface area (TPSA) is 93.2 Å². The number of rotatable bonds is 9. The van der Waals surface area contributed by atoms with E-state index in [4.69, 9.17) is 16.3 Å². The second kappa shape index (κ2) is 10.2. The fraction of sp³-hybridized carbons (Fsp3) is 0.222. The molecule has 0 unspecified atom stereocenters. The first-order valence-corrected chi connectivity index (χ1v) is 8.40. The largest absolute Gasteiger partial charge is 0.484 e. The predicted octanol–water partition coefficient (Wildman–Crippen LogP) is 2.03. The van der Waals surface area contributed by atoms with E-state index in [2.05, 4.69) is 27.4 Å². The van der Waals surface area contributed by atoms with Crippen molar-refractivity contribution in [2.45, 2.75) is 13.0 Å². The molecule has 7 nitrogen and oxygen atoms in total. The molecule has 0 aliphatic carbocycles. The molecule has 142 valence electrons. The Balaban J connectivity index is 1.64. The van der Waals surface area contributed by atoms with E-state index in [-0.39, 0.29) is 42.8 Å². The van der Waals surface area contributed by atoms with Crippen LogP contribution in [0.25, 0.3) is 0 Å². The first-order chi connectivity index (χ1) is 13.0. The van der Waals surface area contributed by atoms with Crippen molar-refractivity contribution in [2.75, 3.05) is 13.2 Å². The minimum absolute atomic E-state index is 0.0251. The van der Waals surface area contributed by atoms with E-state index in [0.29, 0.717) is 11.3 Å². The van der Waals surface area contributed by atoms with Crippen LogP contribution in [0, 0.1) is 5.82 Å². The molecule has 2 amide bonds. The molecule has 2 N–H and O–H groups in total. The average Bonchev–Trinajstić information content (AvgIpc) is 2.67. The van der Waals surface area contributed by atoms with E-state index >= 15 is 0 Å². The van der Waals surface area contributed by atoms with Crippen molar-refractivity contribution in [1.82, 2.24) is 20.8 Å². The SMILES string of the molecule is C=C(CCNC(=O)COc1ccc(Cl)c(F)c1)C(=O)NCc1cccnn1. The number of hydrogen-bond acceptors (Lipinski definition) is 5. The molecule has 9 heteroatoms. The Morgan fingerprint density at radius 1 is 1.26 bits per heavy atom. The van der Waals surface area contributed by atoms with Crippen molar-refractivity contribution in [3.63, 3.8) is 0 Å². The van der Waals surface area contributed by atoms with Gasteiger partial charge in [0.1, 0.15) is 11.6 Å². The molecule has 0 atom stereocenters. The van der Waals surface area contributed by atoms with Gasteiger partial charge in [-0.1, -0.05) is 18.2 Å². The minimum Gasteiger partial charge on any atom is -0.484 e. The molecule has 2 rings (SSSR count). The van der Waals surface area contributed by atoms with Crippen LogP contribution in [-0.2, 0) is 16.1 Å². The third kappa shape index (κ3) is 7.02. The molecular weight excluding hydrogens is 375 g/mol. The van der Waals surface area contributed by atoms with E-state index in [1.165, 1.54) is 12.1 Å². The van der Waals surface area contributed by atoms with Gasteiger partial charge < -0.3 is 15.4 Å². The van der Waals surface area contributed by atoms with Gasteiger partial charge in [-0.25, -0.2) is 4.39 Å². The van der Waals surface area contributed by atoms with Crippen molar-refractivity contribution in [2.24, 2.45) is 0 Å². The summed E-state index contributed by atoms with van der Waals surface area (Å²) in [5, 5.41) is 12.8. The summed E-state index contributed by atoms with van der Waals surface area (Å²) in [6.45, 7) is 3.86. The quantitative estimate of drug-likeness (QED) is 0.637. The van der Waals surface area contributed by atoms with Crippen LogP contribution < -0.4 is 15.4 Å². The Hall–Kier alpha value is -3.00. The van der Waals surface area contributed by atoms with Crippen molar-refractivity contribution < 1.29 is 18.7 Å². The number of aromatic nitrogens is 2.